The molecule has 1 saturated carbocycles. The van der Waals surface area contributed by atoms with E-state index in [0.29, 0.717) is 17.4 Å². The second-order valence-corrected chi connectivity index (χ2v) is 8.75. The van der Waals surface area contributed by atoms with Crippen LogP contribution in [0, 0.1) is 0 Å². The molecule has 0 radical (unpaired) electrons. The van der Waals surface area contributed by atoms with Gasteiger partial charge in [-0.25, -0.2) is 0 Å². The van der Waals surface area contributed by atoms with Gasteiger partial charge in [-0.2, -0.15) is 0 Å². The van der Waals surface area contributed by atoms with Crippen LogP contribution in [-0.2, 0) is 4.74 Å². The summed E-state index contributed by atoms with van der Waals surface area (Å²) in [5, 5.41) is 36.1. The predicted molar refractivity (Wildman–Crippen MR) is 110 cm³/mol. The van der Waals surface area contributed by atoms with E-state index in [1.54, 1.807) is 19.2 Å². The Morgan fingerprint density at radius 2 is 1.79 bits per heavy atom. The van der Waals surface area contributed by atoms with Gasteiger partial charge in [0.1, 0.15) is 17.6 Å². The molecule has 2 unspecified atom stereocenters. The first-order valence-electron chi connectivity index (χ1n) is 10.5. The van der Waals surface area contributed by atoms with Crippen LogP contribution in [0.1, 0.15) is 71.6 Å². The van der Waals surface area contributed by atoms with Gasteiger partial charge in [-0.05, 0) is 65.7 Å². The van der Waals surface area contributed by atoms with E-state index in [1.807, 2.05) is 18.2 Å². The molecule has 5 heteroatoms. The summed E-state index contributed by atoms with van der Waals surface area (Å²) in [6.45, 7) is 0. The Kier molecular flexibility index (Phi) is 3.67. The number of ether oxygens (including phenoxy) is 1. The van der Waals surface area contributed by atoms with Crippen molar-refractivity contribution in [3.63, 3.8) is 0 Å². The van der Waals surface area contributed by atoms with Gasteiger partial charge in [0.25, 0.3) is 0 Å². The van der Waals surface area contributed by atoms with E-state index in [9.17, 15) is 15.3 Å². The molecule has 0 aliphatic heterocycles. The maximum Gasteiger partial charge on any atom is 0.122 e. The summed E-state index contributed by atoms with van der Waals surface area (Å²) in [6.07, 6.45) is 2.85. The molecule has 2 aromatic carbocycles. The fourth-order valence-electron chi connectivity index (χ4n) is 5.83. The van der Waals surface area contributed by atoms with Crippen molar-refractivity contribution >= 4 is 11.1 Å². The minimum Gasteiger partial charge on any atom is -0.508 e. The van der Waals surface area contributed by atoms with Crippen molar-refractivity contribution in [2.75, 3.05) is 7.11 Å². The highest BCUT2D eigenvalue weighted by Gasteiger charge is 2.49. The number of phenolic OH excluding ortho intramolecular Hbond substituents is 2. The van der Waals surface area contributed by atoms with Crippen LogP contribution in [0.4, 0.5) is 0 Å². The maximum atomic E-state index is 11.1. The molecule has 4 aliphatic rings. The van der Waals surface area contributed by atoms with Gasteiger partial charge in [0, 0.05) is 36.2 Å². The Bertz CT molecular complexity index is 1060. The summed E-state index contributed by atoms with van der Waals surface area (Å²) in [5.41, 5.74) is 7.05. The highest BCUT2D eigenvalue weighted by Crippen LogP contribution is 2.61. The lowest BCUT2D eigenvalue weighted by molar-refractivity contribution is -0.0234. The molecule has 4 N–H and O–H groups in total. The fourth-order valence-corrected chi connectivity index (χ4v) is 5.83. The summed E-state index contributed by atoms with van der Waals surface area (Å²) < 4.78 is 5.80. The number of aliphatic hydroxyl groups excluding tert-OH is 1. The van der Waals surface area contributed by atoms with E-state index >= 15 is 0 Å². The average molecular weight is 391 g/mol. The molecule has 0 heterocycles. The summed E-state index contributed by atoms with van der Waals surface area (Å²) in [6, 6.07) is 9.92. The molecule has 1 fully saturated rings. The van der Waals surface area contributed by atoms with E-state index in [0.717, 1.165) is 40.7 Å². The Morgan fingerprint density at radius 1 is 1.00 bits per heavy atom. The number of hydrogen-bond acceptors (Lipinski definition) is 5. The highest BCUT2D eigenvalue weighted by molar-refractivity contribution is 6.03. The molecule has 5 nitrogen and oxygen atoms in total. The monoisotopic (exact) mass is 391 g/mol. The number of phenols is 2. The second kappa shape index (κ2) is 6.08. The lowest BCUT2D eigenvalue weighted by Crippen LogP contribution is -2.33. The van der Waals surface area contributed by atoms with Gasteiger partial charge >= 0.3 is 0 Å². The van der Waals surface area contributed by atoms with Crippen molar-refractivity contribution in [3.05, 3.63) is 58.1 Å². The summed E-state index contributed by atoms with van der Waals surface area (Å²) >= 11 is 0. The zero-order valence-corrected chi connectivity index (χ0v) is 16.4. The van der Waals surface area contributed by atoms with Gasteiger partial charge in [0.2, 0.25) is 0 Å². The molecule has 0 saturated heterocycles. The third kappa shape index (κ3) is 2.32. The van der Waals surface area contributed by atoms with Crippen LogP contribution in [-0.4, -0.2) is 34.6 Å². The second-order valence-electron chi connectivity index (χ2n) is 8.75. The molecular formula is C24H25NO4. The first-order chi connectivity index (χ1) is 14.1. The van der Waals surface area contributed by atoms with E-state index in [-0.39, 0.29) is 17.7 Å². The molecule has 0 bridgehead atoms. The van der Waals surface area contributed by atoms with Crippen LogP contribution in [0.5, 0.6) is 11.5 Å². The minimum absolute atomic E-state index is 0.103. The molecule has 4 atom stereocenters. The number of benzene rings is 2. The summed E-state index contributed by atoms with van der Waals surface area (Å²) in [7, 11) is 1.62. The Balaban J connectivity index is 1.62. The van der Waals surface area contributed by atoms with Gasteiger partial charge in [-0.3, -0.25) is 0 Å². The third-order valence-electron chi connectivity index (χ3n) is 7.15. The number of rotatable bonds is 3. The molecular weight excluding hydrogens is 366 g/mol. The minimum atomic E-state index is -0.907. The molecule has 6 rings (SSSR count). The van der Waals surface area contributed by atoms with Crippen LogP contribution in [0.25, 0.3) is 11.1 Å². The number of fused-ring (bicyclic) bond motifs is 4. The summed E-state index contributed by atoms with van der Waals surface area (Å²) in [4.78, 5) is 0. The Labute approximate surface area is 169 Å². The highest BCUT2D eigenvalue weighted by atomic mass is 16.5. The number of aromatic hydroxyl groups is 2. The molecule has 0 aromatic heterocycles. The topological polar surface area (TPSA) is 82.0 Å². The van der Waals surface area contributed by atoms with Crippen molar-refractivity contribution in [2.24, 2.45) is 0 Å². The van der Waals surface area contributed by atoms with Gasteiger partial charge in [-0.1, -0.05) is 18.2 Å². The van der Waals surface area contributed by atoms with Crippen LogP contribution in [0.3, 0.4) is 0 Å². The van der Waals surface area contributed by atoms with E-state index in [4.69, 9.17) is 4.74 Å². The Hall–Kier alpha value is -2.34. The Morgan fingerprint density at radius 3 is 2.55 bits per heavy atom. The number of hydrogen-bond donors (Lipinski definition) is 4. The first-order valence-corrected chi connectivity index (χ1v) is 10.5. The molecule has 2 aromatic rings. The number of nitrogens with one attached hydrogen (secondary N) is 1. The fraction of sp³-hybridized carbons (Fsp3) is 0.417. The summed E-state index contributed by atoms with van der Waals surface area (Å²) in [5.74, 6) is 0.337. The average Bonchev–Trinajstić information content (AvgIpc) is 3.47. The van der Waals surface area contributed by atoms with Crippen molar-refractivity contribution in [1.29, 1.82) is 0 Å². The van der Waals surface area contributed by atoms with Gasteiger partial charge in [0.15, 0.2) is 0 Å². The third-order valence-corrected chi connectivity index (χ3v) is 7.15. The lowest BCUT2D eigenvalue weighted by Gasteiger charge is -2.37. The zero-order chi connectivity index (χ0) is 19.9. The predicted octanol–water partition coefficient (Wildman–Crippen LogP) is 3.75. The zero-order valence-electron chi connectivity index (χ0n) is 16.4. The van der Waals surface area contributed by atoms with E-state index in [1.165, 1.54) is 18.4 Å². The first kappa shape index (κ1) is 17.5. The van der Waals surface area contributed by atoms with Gasteiger partial charge in [0.05, 0.1) is 6.10 Å². The largest absolute Gasteiger partial charge is 0.508 e. The molecule has 150 valence electrons. The lowest BCUT2D eigenvalue weighted by atomic mass is 9.74. The van der Waals surface area contributed by atoms with Gasteiger partial charge in [-0.15, -0.1) is 0 Å². The van der Waals surface area contributed by atoms with Crippen LogP contribution in [0.15, 0.2) is 30.3 Å². The van der Waals surface area contributed by atoms with Crippen molar-refractivity contribution in [1.82, 2.24) is 5.32 Å². The normalized spacial score (nSPS) is 29.4. The van der Waals surface area contributed by atoms with Crippen LogP contribution >= 0.6 is 0 Å². The van der Waals surface area contributed by atoms with Crippen LogP contribution in [0.2, 0.25) is 0 Å². The SMILES string of the molecule is CO[C@@H]1C2C(=C3CCC(NC4CC4)c4c(O)ccc2c43)c2cccc(O)c2[C@@H]1O. The van der Waals surface area contributed by atoms with Crippen LogP contribution < -0.4 is 5.32 Å². The van der Waals surface area contributed by atoms with Crippen molar-refractivity contribution in [3.8, 4) is 11.5 Å². The van der Waals surface area contributed by atoms with Crippen molar-refractivity contribution in [2.45, 2.75) is 55.9 Å². The molecule has 0 amide bonds. The number of methoxy groups -OCH3 is 1. The molecule has 29 heavy (non-hydrogen) atoms. The number of aliphatic hydroxyl groups is 1. The van der Waals surface area contributed by atoms with E-state index in [2.05, 4.69) is 5.32 Å². The number of allylic oxidation sites excluding steroid dienone is 1. The standard InChI is InChI=1S/C24H25NO4/c1-29-24-21-14-8-10-17(27)22-15(25-11-5-6-11)9-7-13(19(14)22)18(21)12-3-2-4-16(26)20(12)23(24)28/h2-4,8,10-11,15,21,23-28H,5-7,9H2,1H3/t15?,21?,23-,24+/m0/s1. The quantitative estimate of drug-likeness (QED) is 0.641. The van der Waals surface area contributed by atoms with E-state index < -0.39 is 12.2 Å². The smallest absolute Gasteiger partial charge is 0.122 e. The molecule has 0 spiro atoms. The van der Waals surface area contributed by atoms with Crippen molar-refractivity contribution < 1.29 is 20.1 Å². The van der Waals surface area contributed by atoms with Gasteiger partial charge < -0.3 is 25.4 Å². The molecule has 4 aliphatic carbocycles. The maximum absolute atomic E-state index is 11.1.